The molecule has 0 aliphatic carbocycles. The Hall–Kier alpha value is -1.26. The Labute approximate surface area is 112 Å². The Morgan fingerprint density at radius 2 is 2.39 bits per heavy atom. The number of nitrogens with zero attached hydrogens (tertiary/aromatic N) is 3. The second-order valence-corrected chi connectivity index (χ2v) is 5.63. The lowest BCUT2D eigenvalue weighted by atomic mass is 10.1. The van der Waals surface area contributed by atoms with Crippen LogP contribution in [0, 0.1) is 6.92 Å². The molecule has 2 aromatic heterocycles. The molecule has 3 rings (SSSR count). The van der Waals surface area contributed by atoms with E-state index in [4.69, 9.17) is 0 Å². The van der Waals surface area contributed by atoms with E-state index in [1.165, 1.54) is 18.4 Å². The number of thiophene rings is 1. The van der Waals surface area contributed by atoms with Crippen molar-refractivity contribution in [2.75, 3.05) is 6.54 Å². The summed E-state index contributed by atoms with van der Waals surface area (Å²) in [6.07, 6.45) is 6.19. The lowest BCUT2D eigenvalue weighted by Crippen LogP contribution is -2.23. The first-order valence-corrected chi connectivity index (χ1v) is 7.31. The Balaban J connectivity index is 1.79. The number of rotatable bonds is 3. The van der Waals surface area contributed by atoms with Crippen molar-refractivity contribution in [2.24, 2.45) is 0 Å². The number of likely N-dealkylation sites (tertiary alicyclic amines) is 1. The lowest BCUT2D eigenvalue weighted by Gasteiger charge is -2.23. The van der Waals surface area contributed by atoms with E-state index >= 15 is 0 Å². The van der Waals surface area contributed by atoms with Crippen molar-refractivity contribution in [2.45, 2.75) is 32.4 Å². The van der Waals surface area contributed by atoms with E-state index in [1.807, 2.05) is 19.3 Å². The third-order valence-electron chi connectivity index (χ3n) is 3.44. The van der Waals surface area contributed by atoms with Gasteiger partial charge in [0.05, 0.1) is 17.4 Å². The highest BCUT2D eigenvalue weighted by molar-refractivity contribution is 7.07. The van der Waals surface area contributed by atoms with E-state index in [2.05, 4.69) is 31.7 Å². The Morgan fingerprint density at radius 1 is 1.44 bits per heavy atom. The first-order chi connectivity index (χ1) is 8.83. The highest BCUT2D eigenvalue weighted by Gasteiger charge is 2.27. The van der Waals surface area contributed by atoms with Gasteiger partial charge in [-0.25, -0.2) is 0 Å². The molecule has 0 amide bonds. The molecule has 0 N–H and O–H groups in total. The first kappa shape index (κ1) is 11.8. The van der Waals surface area contributed by atoms with Gasteiger partial charge >= 0.3 is 0 Å². The molecule has 3 heterocycles. The van der Waals surface area contributed by atoms with E-state index < -0.39 is 0 Å². The van der Waals surface area contributed by atoms with Crippen LogP contribution in [0.25, 0.3) is 0 Å². The third-order valence-corrected chi connectivity index (χ3v) is 4.18. The van der Waals surface area contributed by atoms with Crippen molar-refractivity contribution >= 4 is 11.3 Å². The van der Waals surface area contributed by atoms with Crippen LogP contribution in [0.5, 0.6) is 0 Å². The average Bonchev–Trinajstić information content (AvgIpc) is 3.01. The third kappa shape index (κ3) is 2.44. The van der Waals surface area contributed by atoms with Gasteiger partial charge in [0, 0.05) is 18.9 Å². The molecule has 0 saturated carbocycles. The van der Waals surface area contributed by atoms with Crippen LogP contribution >= 0.6 is 11.3 Å². The zero-order chi connectivity index (χ0) is 12.4. The van der Waals surface area contributed by atoms with Crippen LogP contribution in [0.4, 0.5) is 0 Å². The number of hydrogen-bond acceptors (Lipinski definition) is 4. The highest BCUT2D eigenvalue weighted by Crippen LogP contribution is 2.32. The molecule has 1 unspecified atom stereocenters. The van der Waals surface area contributed by atoms with Crippen LogP contribution in [0.1, 0.15) is 35.8 Å². The highest BCUT2D eigenvalue weighted by atomic mass is 32.1. The van der Waals surface area contributed by atoms with Gasteiger partial charge in [0.25, 0.3) is 0 Å². The van der Waals surface area contributed by atoms with Gasteiger partial charge in [0.15, 0.2) is 0 Å². The summed E-state index contributed by atoms with van der Waals surface area (Å²) >= 11 is 1.77. The minimum absolute atomic E-state index is 0.442. The molecule has 94 valence electrons. The van der Waals surface area contributed by atoms with E-state index in [0.29, 0.717) is 6.04 Å². The van der Waals surface area contributed by atoms with E-state index in [1.54, 1.807) is 11.3 Å². The molecule has 1 fully saturated rings. The van der Waals surface area contributed by atoms with Gasteiger partial charge in [0.2, 0.25) is 0 Å². The summed E-state index contributed by atoms with van der Waals surface area (Å²) in [6.45, 7) is 4.20. The predicted molar refractivity (Wildman–Crippen MR) is 73.5 cm³/mol. The van der Waals surface area contributed by atoms with E-state index in [9.17, 15) is 0 Å². The predicted octanol–water partition coefficient (Wildman–Crippen LogP) is 3.18. The summed E-state index contributed by atoms with van der Waals surface area (Å²) in [5.74, 6) is 0. The van der Waals surface area contributed by atoms with Crippen LogP contribution in [0.3, 0.4) is 0 Å². The normalized spacial score (nSPS) is 20.4. The van der Waals surface area contributed by atoms with Crippen molar-refractivity contribution in [1.82, 2.24) is 14.9 Å². The van der Waals surface area contributed by atoms with Gasteiger partial charge in [-0.15, -0.1) is 0 Å². The van der Waals surface area contributed by atoms with Gasteiger partial charge in [0.1, 0.15) is 0 Å². The zero-order valence-corrected chi connectivity index (χ0v) is 11.4. The maximum Gasteiger partial charge on any atom is 0.0761 e. The summed E-state index contributed by atoms with van der Waals surface area (Å²) < 4.78 is 0. The molecule has 1 aliphatic heterocycles. The fourth-order valence-corrected chi connectivity index (χ4v) is 3.27. The molecule has 18 heavy (non-hydrogen) atoms. The summed E-state index contributed by atoms with van der Waals surface area (Å²) in [7, 11) is 0. The molecule has 4 heteroatoms. The maximum atomic E-state index is 4.63. The molecule has 3 nitrogen and oxygen atoms in total. The fraction of sp³-hybridized carbons (Fsp3) is 0.429. The number of aromatic nitrogens is 2. The SMILES string of the molecule is Cc1cncc(C2CCCN2Cc2ccsc2)n1. The van der Waals surface area contributed by atoms with Crippen LogP contribution in [-0.4, -0.2) is 21.4 Å². The molecule has 0 radical (unpaired) electrons. The molecule has 1 atom stereocenters. The van der Waals surface area contributed by atoms with Gasteiger partial charge in [-0.1, -0.05) is 0 Å². The van der Waals surface area contributed by atoms with Crippen LogP contribution in [0.2, 0.25) is 0 Å². The number of aryl methyl sites for hydroxylation is 1. The van der Waals surface area contributed by atoms with Crippen LogP contribution < -0.4 is 0 Å². The van der Waals surface area contributed by atoms with E-state index in [0.717, 1.165) is 24.5 Å². The lowest BCUT2D eigenvalue weighted by molar-refractivity contribution is 0.244. The monoisotopic (exact) mass is 259 g/mol. The standard InChI is InChI=1S/C14H17N3S/c1-11-7-15-8-13(16-11)14-3-2-5-17(14)9-12-4-6-18-10-12/h4,6-8,10,14H,2-3,5,9H2,1H3. The van der Waals surface area contributed by atoms with Crippen molar-refractivity contribution in [3.05, 3.63) is 46.2 Å². The summed E-state index contributed by atoms with van der Waals surface area (Å²) in [4.78, 5) is 11.4. The van der Waals surface area contributed by atoms with Gasteiger partial charge in [-0.3, -0.25) is 14.9 Å². The average molecular weight is 259 g/mol. The van der Waals surface area contributed by atoms with Crippen molar-refractivity contribution in [3.63, 3.8) is 0 Å². The first-order valence-electron chi connectivity index (χ1n) is 6.36. The van der Waals surface area contributed by atoms with Crippen LogP contribution in [-0.2, 0) is 6.54 Å². The van der Waals surface area contributed by atoms with Gasteiger partial charge < -0.3 is 0 Å². The minimum Gasteiger partial charge on any atom is -0.290 e. The Morgan fingerprint density at radius 3 is 3.17 bits per heavy atom. The molecule has 1 aliphatic rings. The number of hydrogen-bond donors (Lipinski definition) is 0. The maximum absolute atomic E-state index is 4.63. The molecule has 0 spiro atoms. The van der Waals surface area contributed by atoms with Crippen molar-refractivity contribution in [1.29, 1.82) is 0 Å². The minimum atomic E-state index is 0.442. The second kappa shape index (κ2) is 5.16. The topological polar surface area (TPSA) is 29.0 Å². The summed E-state index contributed by atoms with van der Waals surface area (Å²) in [6, 6.07) is 2.65. The Kier molecular flexibility index (Phi) is 3.39. The van der Waals surface area contributed by atoms with Crippen molar-refractivity contribution < 1.29 is 0 Å². The zero-order valence-electron chi connectivity index (χ0n) is 10.5. The molecule has 2 aromatic rings. The molecular weight excluding hydrogens is 242 g/mol. The summed E-state index contributed by atoms with van der Waals surface area (Å²) in [5.41, 5.74) is 3.55. The largest absolute Gasteiger partial charge is 0.290 e. The fourth-order valence-electron chi connectivity index (χ4n) is 2.61. The molecular formula is C14H17N3S. The second-order valence-electron chi connectivity index (χ2n) is 4.85. The smallest absolute Gasteiger partial charge is 0.0761 e. The quantitative estimate of drug-likeness (QED) is 0.847. The van der Waals surface area contributed by atoms with Gasteiger partial charge in [-0.05, 0) is 48.7 Å². The Bertz CT molecular complexity index is 510. The van der Waals surface area contributed by atoms with Crippen molar-refractivity contribution in [3.8, 4) is 0 Å². The molecule has 1 saturated heterocycles. The molecule has 0 bridgehead atoms. The molecule has 0 aromatic carbocycles. The summed E-state index contributed by atoms with van der Waals surface area (Å²) in [5, 5.41) is 4.38. The van der Waals surface area contributed by atoms with Gasteiger partial charge in [-0.2, -0.15) is 11.3 Å². The van der Waals surface area contributed by atoms with E-state index in [-0.39, 0.29) is 0 Å². The van der Waals surface area contributed by atoms with Crippen LogP contribution in [0.15, 0.2) is 29.2 Å².